The average molecular weight is 477 g/mol. The number of benzene rings is 2. The molecule has 1 aliphatic rings. The summed E-state index contributed by atoms with van der Waals surface area (Å²) in [6.07, 6.45) is 2.73. The summed E-state index contributed by atoms with van der Waals surface area (Å²) in [6.45, 7) is 1.17. The van der Waals surface area contributed by atoms with Crippen molar-refractivity contribution in [3.63, 3.8) is 0 Å². The molecule has 0 bridgehead atoms. The maximum atomic E-state index is 12.8. The number of hydrogen-bond donors (Lipinski definition) is 1. The largest absolute Gasteiger partial charge is 0.308 e. The molecule has 4 aromatic rings. The summed E-state index contributed by atoms with van der Waals surface area (Å²) in [5.41, 5.74) is 2.16. The Hall–Kier alpha value is -3.63. The van der Waals surface area contributed by atoms with E-state index in [4.69, 9.17) is 0 Å². The highest BCUT2D eigenvalue weighted by Crippen LogP contribution is 2.27. The van der Waals surface area contributed by atoms with Crippen LogP contribution in [0.15, 0.2) is 70.9 Å². The van der Waals surface area contributed by atoms with Gasteiger partial charge in [0.15, 0.2) is 11.2 Å². The second-order valence-electron chi connectivity index (χ2n) is 8.29. The van der Waals surface area contributed by atoms with Gasteiger partial charge in [-0.3, -0.25) is 4.79 Å². The maximum Gasteiger partial charge on any atom is 0.281 e. The number of fused-ring (bicyclic) bond motifs is 1. The van der Waals surface area contributed by atoms with E-state index in [2.05, 4.69) is 20.3 Å². The molecular formula is C24H24N6O3S. The molecule has 9 nitrogen and oxygen atoms in total. The minimum Gasteiger partial charge on any atom is -0.308 e. The van der Waals surface area contributed by atoms with Crippen molar-refractivity contribution in [1.82, 2.24) is 29.3 Å². The summed E-state index contributed by atoms with van der Waals surface area (Å²) in [4.78, 5) is 20.1. The van der Waals surface area contributed by atoms with Gasteiger partial charge in [0.2, 0.25) is 10.0 Å². The predicted molar refractivity (Wildman–Crippen MR) is 129 cm³/mol. The SMILES string of the molecule is O=c1[nH]c(C2CCN(S(=O)(=O)/C=C/c3ccccc3)CC2)nc2c1nnn2Cc1ccccc1. The third kappa shape index (κ3) is 4.68. The molecule has 1 N–H and O–H groups in total. The Morgan fingerprint density at radius 3 is 2.38 bits per heavy atom. The topological polar surface area (TPSA) is 114 Å². The van der Waals surface area contributed by atoms with E-state index in [-0.39, 0.29) is 17.0 Å². The average Bonchev–Trinajstić information content (AvgIpc) is 3.27. The van der Waals surface area contributed by atoms with E-state index in [1.807, 2.05) is 60.7 Å². The molecule has 1 saturated heterocycles. The van der Waals surface area contributed by atoms with E-state index in [9.17, 15) is 13.2 Å². The van der Waals surface area contributed by atoms with Gasteiger partial charge in [0.25, 0.3) is 5.56 Å². The number of piperidine rings is 1. The van der Waals surface area contributed by atoms with Crippen molar-refractivity contribution in [3.8, 4) is 0 Å². The van der Waals surface area contributed by atoms with Crippen LogP contribution in [0.4, 0.5) is 0 Å². The lowest BCUT2D eigenvalue weighted by Gasteiger charge is -2.29. The summed E-state index contributed by atoms with van der Waals surface area (Å²) in [7, 11) is -3.53. The fourth-order valence-electron chi connectivity index (χ4n) is 4.14. The summed E-state index contributed by atoms with van der Waals surface area (Å²) >= 11 is 0. The number of H-pyrrole nitrogens is 1. The van der Waals surface area contributed by atoms with Crippen LogP contribution in [-0.2, 0) is 16.6 Å². The zero-order valence-electron chi connectivity index (χ0n) is 18.4. The van der Waals surface area contributed by atoms with Crippen molar-refractivity contribution < 1.29 is 8.42 Å². The highest BCUT2D eigenvalue weighted by Gasteiger charge is 2.29. The van der Waals surface area contributed by atoms with Crippen molar-refractivity contribution in [1.29, 1.82) is 0 Å². The van der Waals surface area contributed by atoms with Crippen LogP contribution in [-0.4, -0.2) is 50.8 Å². The Kier molecular flexibility index (Phi) is 6.08. The Morgan fingerprint density at radius 1 is 1.00 bits per heavy atom. The number of sulfonamides is 1. The van der Waals surface area contributed by atoms with Crippen LogP contribution in [0, 0.1) is 0 Å². The summed E-state index contributed by atoms with van der Waals surface area (Å²) in [5.74, 6) is 0.493. The van der Waals surface area contributed by atoms with Crippen LogP contribution in [0.1, 0.15) is 35.7 Å². The number of nitrogens with zero attached hydrogens (tertiary/aromatic N) is 5. The van der Waals surface area contributed by atoms with Gasteiger partial charge in [-0.25, -0.2) is 18.1 Å². The van der Waals surface area contributed by atoms with E-state index >= 15 is 0 Å². The normalized spacial score (nSPS) is 15.9. The molecule has 0 saturated carbocycles. The summed E-state index contributed by atoms with van der Waals surface area (Å²) in [6, 6.07) is 19.1. The van der Waals surface area contributed by atoms with E-state index in [0.717, 1.165) is 11.1 Å². The van der Waals surface area contributed by atoms with Crippen molar-refractivity contribution in [3.05, 3.63) is 93.4 Å². The minimum absolute atomic E-state index is 0.0540. The molecule has 0 spiro atoms. The molecule has 174 valence electrons. The molecule has 0 atom stereocenters. The van der Waals surface area contributed by atoms with Gasteiger partial charge in [0, 0.05) is 24.4 Å². The number of aromatic nitrogens is 5. The highest BCUT2D eigenvalue weighted by atomic mass is 32.2. The molecule has 0 unspecified atom stereocenters. The van der Waals surface area contributed by atoms with Crippen molar-refractivity contribution in [2.45, 2.75) is 25.3 Å². The molecule has 0 radical (unpaired) electrons. The van der Waals surface area contributed by atoms with Crippen molar-refractivity contribution in [2.24, 2.45) is 0 Å². The van der Waals surface area contributed by atoms with Crippen LogP contribution in [0.3, 0.4) is 0 Å². The molecule has 1 aliphatic heterocycles. The molecule has 2 aromatic carbocycles. The van der Waals surface area contributed by atoms with Crippen LogP contribution in [0.2, 0.25) is 0 Å². The first kappa shape index (κ1) is 22.2. The first-order valence-electron chi connectivity index (χ1n) is 11.1. The Labute approximate surface area is 196 Å². The molecular weight excluding hydrogens is 452 g/mol. The maximum absolute atomic E-state index is 12.8. The first-order chi connectivity index (χ1) is 16.5. The smallest absolute Gasteiger partial charge is 0.281 e. The van der Waals surface area contributed by atoms with Gasteiger partial charge in [-0.2, -0.15) is 4.31 Å². The van der Waals surface area contributed by atoms with Crippen LogP contribution in [0.25, 0.3) is 17.2 Å². The zero-order chi connectivity index (χ0) is 23.5. The summed E-state index contributed by atoms with van der Waals surface area (Å²) in [5, 5.41) is 9.37. The molecule has 0 amide bonds. The van der Waals surface area contributed by atoms with Crippen LogP contribution < -0.4 is 5.56 Å². The molecule has 5 rings (SSSR count). The minimum atomic E-state index is -3.53. The van der Waals surface area contributed by atoms with Gasteiger partial charge in [-0.1, -0.05) is 65.9 Å². The lowest BCUT2D eigenvalue weighted by atomic mass is 9.97. The third-order valence-electron chi connectivity index (χ3n) is 6.00. The Bertz CT molecular complexity index is 1470. The molecule has 34 heavy (non-hydrogen) atoms. The lowest BCUT2D eigenvalue weighted by molar-refractivity contribution is 0.316. The Balaban J connectivity index is 1.32. The Morgan fingerprint density at radius 2 is 1.68 bits per heavy atom. The van der Waals surface area contributed by atoms with Gasteiger partial charge in [0.05, 0.1) is 6.54 Å². The lowest BCUT2D eigenvalue weighted by Crippen LogP contribution is -2.37. The quantitative estimate of drug-likeness (QED) is 0.458. The summed E-state index contributed by atoms with van der Waals surface area (Å²) < 4.78 is 28.6. The second kappa shape index (κ2) is 9.32. The molecule has 0 aliphatic carbocycles. The van der Waals surface area contributed by atoms with E-state index in [1.165, 1.54) is 9.71 Å². The fourth-order valence-corrected chi connectivity index (χ4v) is 5.36. The van der Waals surface area contributed by atoms with Gasteiger partial charge in [-0.15, -0.1) is 5.10 Å². The third-order valence-corrected chi connectivity index (χ3v) is 7.56. The first-order valence-corrected chi connectivity index (χ1v) is 12.6. The van der Waals surface area contributed by atoms with Crippen LogP contribution in [0.5, 0.6) is 0 Å². The van der Waals surface area contributed by atoms with Crippen molar-refractivity contribution in [2.75, 3.05) is 13.1 Å². The number of rotatable bonds is 6. The van der Waals surface area contributed by atoms with Gasteiger partial charge >= 0.3 is 0 Å². The second-order valence-corrected chi connectivity index (χ2v) is 10.1. The predicted octanol–water partition coefficient (Wildman–Crippen LogP) is 2.74. The fraction of sp³-hybridized carbons (Fsp3) is 0.250. The molecule has 2 aromatic heterocycles. The number of aromatic amines is 1. The monoisotopic (exact) mass is 476 g/mol. The van der Waals surface area contributed by atoms with Gasteiger partial charge in [0.1, 0.15) is 5.82 Å². The van der Waals surface area contributed by atoms with E-state index in [1.54, 1.807) is 10.8 Å². The van der Waals surface area contributed by atoms with Gasteiger partial charge in [-0.05, 0) is 30.0 Å². The van der Waals surface area contributed by atoms with Crippen molar-refractivity contribution >= 4 is 27.3 Å². The van der Waals surface area contributed by atoms with Gasteiger partial charge < -0.3 is 4.98 Å². The molecule has 1 fully saturated rings. The van der Waals surface area contributed by atoms with Crippen LogP contribution >= 0.6 is 0 Å². The molecule has 3 heterocycles. The number of nitrogens with one attached hydrogen (secondary N) is 1. The van der Waals surface area contributed by atoms with E-state index < -0.39 is 10.0 Å². The number of hydrogen-bond acceptors (Lipinski definition) is 6. The zero-order valence-corrected chi connectivity index (χ0v) is 19.2. The highest BCUT2D eigenvalue weighted by molar-refractivity contribution is 7.92. The standard InChI is InChI=1S/C24H24N6O3S/c31-24-21-23(30(28-27-21)17-19-9-5-2-6-10-19)25-22(26-24)20-11-14-29(15-12-20)34(32,33)16-13-18-7-3-1-4-8-18/h1-10,13,16,20H,11-12,14-15,17H2,(H,25,26,31)/b16-13+. The molecule has 10 heteroatoms. The van der Waals surface area contributed by atoms with E-state index in [0.29, 0.717) is 43.9 Å².